The molecule has 86 valence electrons. The molecule has 1 aliphatic heterocycles. The van der Waals surface area contributed by atoms with Gasteiger partial charge in [-0.05, 0) is 6.07 Å². The highest BCUT2D eigenvalue weighted by atomic mass is 28.3. The van der Waals surface area contributed by atoms with Gasteiger partial charge in [0.25, 0.3) is 0 Å². The molecule has 2 nitrogen and oxygen atoms in total. The van der Waals surface area contributed by atoms with Crippen molar-refractivity contribution >= 4 is 19.2 Å². The number of cyclic esters (lactones) is 1. The van der Waals surface area contributed by atoms with Crippen LogP contribution in [0, 0.1) is 11.6 Å². The number of halogens is 2. The Balaban J connectivity index is 2.72. The molecule has 1 aliphatic rings. The van der Waals surface area contributed by atoms with Crippen LogP contribution in [0.2, 0.25) is 19.6 Å². The highest BCUT2D eigenvalue weighted by Gasteiger charge is 2.33. The van der Waals surface area contributed by atoms with Crippen molar-refractivity contribution in [1.82, 2.24) is 0 Å². The summed E-state index contributed by atoms with van der Waals surface area (Å²) < 4.78 is 32.5. The third-order valence-electron chi connectivity index (χ3n) is 2.64. The summed E-state index contributed by atoms with van der Waals surface area (Å²) >= 11 is 0. The standard InChI is InChI=1S/C11H12F2O2Si/c1-16(2,3)10-8(12)4-6-7(9(10)13)5-15-11(6)14/h4H,5H2,1-3H3. The van der Waals surface area contributed by atoms with E-state index in [4.69, 9.17) is 4.74 Å². The second-order valence-corrected chi connectivity index (χ2v) is 9.90. The van der Waals surface area contributed by atoms with Gasteiger partial charge in [0.15, 0.2) is 0 Å². The van der Waals surface area contributed by atoms with Gasteiger partial charge >= 0.3 is 5.97 Å². The van der Waals surface area contributed by atoms with E-state index in [0.29, 0.717) is 0 Å². The van der Waals surface area contributed by atoms with Crippen molar-refractivity contribution in [1.29, 1.82) is 0 Å². The zero-order valence-corrected chi connectivity index (χ0v) is 10.4. The molecule has 0 aliphatic carbocycles. The summed E-state index contributed by atoms with van der Waals surface area (Å²) in [6.07, 6.45) is 0. The van der Waals surface area contributed by atoms with Gasteiger partial charge < -0.3 is 4.74 Å². The van der Waals surface area contributed by atoms with E-state index in [1.54, 1.807) is 0 Å². The molecule has 0 saturated carbocycles. The lowest BCUT2D eigenvalue weighted by Crippen LogP contribution is -2.43. The van der Waals surface area contributed by atoms with Crippen LogP contribution in [0.4, 0.5) is 8.78 Å². The number of carbonyl (C=O) groups excluding carboxylic acids is 1. The topological polar surface area (TPSA) is 26.3 Å². The van der Waals surface area contributed by atoms with Crippen LogP contribution in [0.25, 0.3) is 0 Å². The third kappa shape index (κ3) is 1.55. The molecule has 0 saturated heterocycles. The number of ether oxygens (including phenoxy) is 1. The highest BCUT2D eigenvalue weighted by Crippen LogP contribution is 2.24. The highest BCUT2D eigenvalue weighted by molar-refractivity contribution is 6.88. The normalized spacial score (nSPS) is 14.9. The maximum atomic E-state index is 14.1. The first kappa shape index (κ1) is 11.3. The molecule has 1 aromatic carbocycles. The smallest absolute Gasteiger partial charge is 0.339 e. The van der Waals surface area contributed by atoms with Crippen LogP contribution in [0.3, 0.4) is 0 Å². The molecular formula is C11H12F2O2Si. The minimum Gasteiger partial charge on any atom is -0.457 e. The van der Waals surface area contributed by atoms with E-state index in [1.807, 2.05) is 19.6 Å². The summed E-state index contributed by atoms with van der Waals surface area (Å²) in [5.41, 5.74) is 0.223. The van der Waals surface area contributed by atoms with Gasteiger partial charge in [0.2, 0.25) is 0 Å². The molecule has 16 heavy (non-hydrogen) atoms. The molecule has 0 bridgehead atoms. The van der Waals surface area contributed by atoms with Crippen molar-refractivity contribution in [3.63, 3.8) is 0 Å². The van der Waals surface area contributed by atoms with Gasteiger partial charge in [-0.25, -0.2) is 13.6 Å². The molecule has 0 aromatic heterocycles. The predicted octanol–water partition coefficient (Wildman–Crippen LogP) is 2.18. The molecule has 0 amide bonds. The van der Waals surface area contributed by atoms with Crippen LogP contribution in [0.5, 0.6) is 0 Å². The summed E-state index contributed by atoms with van der Waals surface area (Å²) in [5, 5.41) is 0.143. The quantitative estimate of drug-likeness (QED) is 0.557. The minimum absolute atomic E-state index is 0.0250. The molecule has 0 spiro atoms. The minimum atomic E-state index is -2.10. The van der Waals surface area contributed by atoms with Crippen LogP contribution in [-0.4, -0.2) is 14.0 Å². The van der Waals surface area contributed by atoms with Crippen molar-refractivity contribution in [3.8, 4) is 0 Å². The maximum Gasteiger partial charge on any atom is 0.339 e. The monoisotopic (exact) mass is 242 g/mol. The zero-order chi connectivity index (χ0) is 12.1. The molecule has 0 atom stereocenters. The number of rotatable bonds is 1. The van der Waals surface area contributed by atoms with E-state index in [1.165, 1.54) is 0 Å². The van der Waals surface area contributed by atoms with E-state index >= 15 is 0 Å². The number of benzene rings is 1. The SMILES string of the molecule is C[Si](C)(C)c1c(F)cc2c(c1F)COC2=O. The molecule has 1 heterocycles. The molecule has 0 fully saturated rings. The Labute approximate surface area is 93.2 Å². The molecule has 0 N–H and O–H groups in total. The fraction of sp³-hybridized carbons (Fsp3) is 0.364. The summed E-state index contributed by atoms with van der Waals surface area (Å²) in [6, 6.07) is 1.10. The second-order valence-electron chi connectivity index (χ2n) is 4.90. The molecule has 2 rings (SSSR count). The number of hydrogen-bond donors (Lipinski definition) is 0. The Morgan fingerprint density at radius 3 is 2.50 bits per heavy atom. The largest absolute Gasteiger partial charge is 0.457 e. The van der Waals surface area contributed by atoms with Crippen LogP contribution >= 0.6 is 0 Å². The van der Waals surface area contributed by atoms with Gasteiger partial charge in [0, 0.05) is 10.8 Å². The van der Waals surface area contributed by atoms with Crippen molar-refractivity contribution in [2.75, 3.05) is 0 Å². The third-order valence-corrected chi connectivity index (χ3v) is 4.60. The van der Waals surface area contributed by atoms with E-state index in [2.05, 4.69) is 0 Å². The van der Waals surface area contributed by atoms with Gasteiger partial charge in [-0.1, -0.05) is 19.6 Å². The Morgan fingerprint density at radius 2 is 1.94 bits per heavy atom. The number of carbonyl (C=O) groups is 1. The number of fused-ring (bicyclic) bond motifs is 1. The van der Waals surface area contributed by atoms with Gasteiger partial charge in [0.05, 0.1) is 13.6 Å². The van der Waals surface area contributed by atoms with Crippen molar-refractivity contribution in [2.45, 2.75) is 26.2 Å². The van der Waals surface area contributed by atoms with Gasteiger partial charge in [0.1, 0.15) is 18.2 Å². The predicted molar refractivity (Wildman–Crippen MR) is 58.5 cm³/mol. The van der Waals surface area contributed by atoms with E-state index in [0.717, 1.165) is 6.07 Å². The lowest BCUT2D eigenvalue weighted by atomic mass is 10.1. The summed E-state index contributed by atoms with van der Waals surface area (Å²) in [5.74, 6) is -1.87. The lowest BCUT2D eigenvalue weighted by Gasteiger charge is -2.19. The Kier molecular flexibility index (Phi) is 2.38. The summed E-state index contributed by atoms with van der Waals surface area (Å²) in [4.78, 5) is 11.2. The zero-order valence-electron chi connectivity index (χ0n) is 9.36. The molecular weight excluding hydrogens is 230 g/mol. The first-order valence-corrected chi connectivity index (χ1v) is 8.51. The van der Waals surface area contributed by atoms with Crippen LogP contribution in [0.15, 0.2) is 6.07 Å². The fourth-order valence-corrected chi connectivity index (χ4v) is 3.48. The van der Waals surface area contributed by atoms with Crippen molar-refractivity contribution < 1.29 is 18.3 Å². The average Bonchev–Trinajstić information content (AvgIpc) is 2.46. The summed E-state index contributed by atoms with van der Waals surface area (Å²) in [7, 11) is -2.10. The van der Waals surface area contributed by atoms with Gasteiger partial charge in [-0.2, -0.15) is 0 Å². The first-order chi connectivity index (χ1) is 7.32. The van der Waals surface area contributed by atoms with Crippen molar-refractivity contribution in [2.24, 2.45) is 0 Å². The van der Waals surface area contributed by atoms with Crippen molar-refractivity contribution in [3.05, 3.63) is 28.8 Å². The maximum absolute atomic E-state index is 14.1. The Hall–Kier alpha value is -1.23. The fourth-order valence-electron chi connectivity index (χ4n) is 1.89. The van der Waals surface area contributed by atoms with E-state index in [-0.39, 0.29) is 22.9 Å². The van der Waals surface area contributed by atoms with Gasteiger partial charge in [-0.3, -0.25) is 0 Å². The number of hydrogen-bond acceptors (Lipinski definition) is 2. The second kappa shape index (κ2) is 3.38. The van der Waals surface area contributed by atoms with E-state index in [9.17, 15) is 13.6 Å². The summed E-state index contributed by atoms with van der Waals surface area (Å²) in [6.45, 7) is 5.49. The number of esters is 1. The Morgan fingerprint density at radius 1 is 1.31 bits per heavy atom. The lowest BCUT2D eigenvalue weighted by molar-refractivity contribution is 0.0533. The Bertz CT molecular complexity index is 478. The van der Waals surface area contributed by atoms with Gasteiger partial charge in [-0.15, -0.1) is 0 Å². The first-order valence-electron chi connectivity index (χ1n) is 5.01. The van der Waals surface area contributed by atoms with Crippen LogP contribution in [0.1, 0.15) is 15.9 Å². The molecule has 0 radical (unpaired) electrons. The average molecular weight is 242 g/mol. The molecule has 0 unspecified atom stereocenters. The molecule has 5 heteroatoms. The van der Waals surface area contributed by atoms with Crippen LogP contribution in [-0.2, 0) is 11.3 Å². The molecule has 1 aromatic rings. The van der Waals surface area contributed by atoms with Crippen LogP contribution < -0.4 is 5.19 Å². The van der Waals surface area contributed by atoms with E-state index < -0.39 is 25.7 Å².